The second-order valence-corrected chi connectivity index (χ2v) is 28.0. The van der Waals surface area contributed by atoms with Gasteiger partial charge in [-0.25, -0.2) is 19.9 Å². The zero-order valence-electron chi connectivity index (χ0n) is 50.9. The minimum atomic E-state index is -0.653. The first-order chi connectivity index (χ1) is 47.1. The summed E-state index contributed by atoms with van der Waals surface area (Å²) < 4.78 is 2.43. The van der Waals surface area contributed by atoms with Crippen LogP contribution in [-0.2, 0) is 10.8 Å². The molecule has 12 aromatic carbocycles. The Morgan fingerprint density at radius 3 is 1.33 bits per heavy atom. The Balaban J connectivity index is 0.746. The van der Waals surface area contributed by atoms with E-state index in [2.05, 4.69) is 267 Å². The van der Waals surface area contributed by atoms with Crippen LogP contribution in [0.3, 0.4) is 0 Å². The Bertz CT molecular complexity index is 5780. The van der Waals surface area contributed by atoms with E-state index < -0.39 is 10.8 Å². The predicted octanol–water partition coefficient (Wildman–Crippen LogP) is 22.4. The molecular formula is C87H51N5S3. The highest BCUT2D eigenvalue weighted by molar-refractivity contribution is 8.00. The maximum absolute atomic E-state index is 5.53. The van der Waals surface area contributed by atoms with Crippen molar-refractivity contribution >= 4 is 55.0 Å². The number of aromatic nitrogens is 5. The smallest absolute Gasteiger partial charge is 0.160 e. The van der Waals surface area contributed by atoms with E-state index in [1.165, 1.54) is 118 Å². The van der Waals surface area contributed by atoms with Gasteiger partial charge >= 0.3 is 0 Å². The van der Waals surface area contributed by atoms with E-state index >= 15 is 0 Å². The molecule has 442 valence electrons. The molecule has 0 fully saturated rings. The summed E-state index contributed by atoms with van der Waals surface area (Å²) in [6, 6.07) is 111. The lowest BCUT2D eigenvalue weighted by molar-refractivity contribution is 0.723. The van der Waals surface area contributed by atoms with Crippen LogP contribution in [0.15, 0.2) is 329 Å². The SMILES string of the molecule is c1ccc(-c2nc(-c3ccc4c(c3)sc3cccc(-c5cccc6c5-c5ccccc5C65c6ccccc6Sc6c(-c7cc(-c8ccccn8)nc(-c8ccccc8)n7)cccc65)c34)cc(-c3cccc4c3Sc3ccccc3C43c4ccccc4-c4ccccc43)n2)cc1. The monoisotopic (exact) mass is 1260 g/mol. The Labute approximate surface area is 561 Å². The van der Waals surface area contributed by atoms with E-state index in [1.54, 1.807) is 0 Å². The maximum Gasteiger partial charge on any atom is 0.160 e. The molecule has 0 bridgehead atoms. The van der Waals surface area contributed by atoms with Crippen molar-refractivity contribution in [2.75, 3.05) is 0 Å². The molecule has 16 aromatic rings. The van der Waals surface area contributed by atoms with Gasteiger partial charge in [0.05, 0.1) is 39.3 Å². The molecule has 0 radical (unpaired) electrons. The van der Waals surface area contributed by atoms with Crippen molar-refractivity contribution in [3.63, 3.8) is 0 Å². The maximum atomic E-state index is 5.53. The summed E-state index contributed by atoms with van der Waals surface area (Å²) in [5.41, 5.74) is 25.9. The van der Waals surface area contributed by atoms with Gasteiger partial charge in [-0.05, 0) is 126 Å². The van der Waals surface area contributed by atoms with Crippen LogP contribution in [-0.4, -0.2) is 24.9 Å². The first-order valence-electron chi connectivity index (χ1n) is 32.1. The normalized spacial score (nSPS) is 14.8. The molecule has 4 aliphatic rings. The van der Waals surface area contributed by atoms with Crippen LogP contribution in [0.4, 0.5) is 0 Å². The molecule has 1 atom stereocenters. The first kappa shape index (κ1) is 54.4. The molecule has 95 heavy (non-hydrogen) atoms. The second kappa shape index (κ2) is 21.2. The number of nitrogens with zero attached hydrogens (tertiary/aromatic N) is 5. The van der Waals surface area contributed by atoms with Crippen LogP contribution >= 0.6 is 34.9 Å². The Kier molecular flexibility index (Phi) is 12.1. The number of hydrogen-bond acceptors (Lipinski definition) is 8. The quantitative estimate of drug-likeness (QED) is 0.158. The summed E-state index contributed by atoms with van der Waals surface area (Å²) in [5, 5.41) is 2.47. The van der Waals surface area contributed by atoms with Gasteiger partial charge in [0.25, 0.3) is 0 Å². The molecule has 2 aliphatic carbocycles. The van der Waals surface area contributed by atoms with E-state index in [-0.39, 0.29) is 0 Å². The van der Waals surface area contributed by atoms with E-state index in [9.17, 15) is 0 Å². The van der Waals surface area contributed by atoms with Crippen LogP contribution in [0.2, 0.25) is 0 Å². The number of pyridine rings is 1. The Hall–Kier alpha value is -11.1. The molecular weight excluding hydrogens is 1210 g/mol. The van der Waals surface area contributed by atoms with Crippen LogP contribution in [0.1, 0.15) is 44.5 Å². The molecule has 1 unspecified atom stereocenters. The first-order valence-corrected chi connectivity index (χ1v) is 34.6. The molecule has 0 N–H and O–H groups in total. The molecule has 2 aliphatic heterocycles. The topological polar surface area (TPSA) is 64.5 Å². The van der Waals surface area contributed by atoms with Gasteiger partial charge in [0.2, 0.25) is 0 Å². The van der Waals surface area contributed by atoms with Crippen LogP contribution in [0, 0.1) is 0 Å². The molecule has 5 nitrogen and oxygen atoms in total. The van der Waals surface area contributed by atoms with Crippen molar-refractivity contribution in [1.29, 1.82) is 0 Å². The van der Waals surface area contributed by atoms with Gasteiger partial charge in [0.15, 0.2) is 11.6 Å². The second-order valence-electron chi connectivity index (χ2n) is 24.8. The molecule has 0 amide bonds. The van der Waals surface area contributed by atoms with Gasteiger partial charge in [-0.3, -0.25) is 4.98 Å². The summed E-state index contributed by atoms with van der Waals surface area (Å²) in [7, 11) is 0. The number of benzene rings is 12. The van der Waals surface area contributed by atoms with Crippen molar-refractivity contribution in [1.82, 2.24) is 24.9 Å². The third-order valence-corrected chi connectivity index (χ3v) is 23.5. The van der Waals surface area contributed by atoms with Gasteiger partial charge in [0, 0.05) is 73.8 Å². The standard InChI is InChI=1S/C87H51N5S3/c1-3-23-52(24-4-1)84-89-72(50-73(90-84)60-32-20-40-69-82(60)94-76-43-15-13-37-66(76)86(69)63-34-10-7-27-55(63)56-28-8-11-35-64(56)86)54-46-47-62-79(49-54)93-78-45-22-31-58(81(62)78)57-30-19-39-68-80(57)59-29-9-12-36-65(59)87(68)67-38-14-16-44-77(67)95-83-61(33-21-41-70(83)87)74-51-75(71-42-17-18-48-88-71)92-85(91-74)53-25-5-2-6-26-53/h1-51H. The lowest BCUT2D eigenvalue weighted by atomic mass is 9.67. The Morgan fingerprint density at radius 2 is 0.716 bits per heavy atom. The fourth-order valence-corrected chi connectivity index (χ4v) is 19.9. The molecule has 4 aromatic heterocycles. The third-order valence-electron chi connectivity index (χ3n) is 19.9. The minimum Gasteiger partial charge on any atom is -0.255 e. The van der Waals surface area contributed by atoms with Gasteiger partial charge in [0.1, 0.15) is 0 Å². The highest BCUT2D eigenvalue weighted by Crippen LogP contribution is 2.66. The summed E-state index contributed by atoms with van der Waals surface area (Å²) in [4.78, 5) is 31.2. The number of thiophene rings is 1. The fraction of sp³-hybridized carbons (Fsp3) is 0.0230. The van der Waals surface area contributed by atoms with Crippen molar-refractivity contribution < 1.29 is 0 Å². The highest BCUT2D eigenvalue weighted by Gasteiger charge is 2.53. The number of fused-ring (bicyclic) bond motifs is 21. The Morgan fingerprint density at radius 1 is 0.263 bits per heavy atom. The van der Waals surface area contributed by atoms with Crippen LogP contribution in [0.25, 0.3) is 121 Å². The summed E-state index contributed by atoms with van der Waals surface area (Å²) in [5.74, 6) is 1.35. The fourth-order valence-electron chi connectivity index (χ4n) is 16.1. The van der Waals surface area contributed by atoms with E-state index in [4.69, 9.17) is 24.9 Å². The summed E-state index contributed by atoms with van der Waals surface area (Å²) in [6.45, 7) is 0. The van der Waals surface area contributed by atoms with E-state index in [1.807, 2.05) is 77.5 Å². The number of hydrogen-bond donors (Lipinski definition) is 0. The average Bonchev–Trinajstić information content (AvgIpc) is 1.56. The van der Waals surface area contributed by atoms with Gasteiger partial charge in [-0.2, -0.15) is 0 Å². The molecule has 0 saturated carbocycles. The van der Waals surface area contributed by atoms with Crippen LogP contribution < -0.4 is 0 Å². The molecule has 0 saturated heterocycles. The predicted molar refractivity (Wildman–Crippen MR) is 389 cm³/mol. The van der Waals surface area contributed by atoms with Crippen molar-refractivity contribution in [2.45, 2.75) is 30.4 Å². The largest absolute Gasteiger partial charge is 0.255 e. The van der Waals surface area contributed by atoms with Crippen molar-refractivity contribution in [3.8, 4) is 101 Å². The molecule has 2 spiro atoms. The van der Waals surface area contributed by atoms with Crippen LogP contribution in [0.5, 0.6) is 0 Å². The van der Waals surface area contributed by atoms with Crippen molar-refractivity contribution in [2.24, 2.45) is 0 Å². The molecule has 20 rings (SSSR count). The lowest BCUT2D eigenvalue weighted by Gasteiger charge is -2.40. The minimum absolute atomic E-state index is 0.510. The zero-order valence-corrected chi connectivity index (χ0v) is 53.4. The average molecular weight is 1260 g/mol. The summed E-state index contributed by atoms with van der Waals surface area (Å²) >= 11 is 5.55. The number of rotatable bonds is 7. The van der Waals surface area contributed by atoms with Crippen molar-refractivity contribution in [3.05, 3.63) is 354 Å². The van der Waals surface area contributed by atoms with Gasteiger partial charge < -0.3 is 0 Å². The zero-order chi connectivity index (χ0) is 62.3. The third kappa shape index (κ3) is 7.96. The van der Waals surface area contributed by atoms with E-state index in [0.29, 0.717) is 11.6 Å². The van der Waals surface area contributed by atoms with Gasteiger partial charge in [-0.1, -0.05) is 278 Å². The van der Waals surface area contributed by atoms with E-state index in [0.717, 1.165) is 56.3 Å². The molecule has 6 heterocycles. The lowest BCUT2D eigenvalue weighted by Crippen LogP contribution is -2.32. The summed E-state index contributed by atoms with van der Waals surface area (Å²) in [6.07, 6.45) is 1.83. The molecule has 8 heteroatoms. The van der Waals surface area contributed by atoms with Gasteiger partial charge in [-0.15, -0.1) is 11.3 Å². The highest BCUT2D eigenvalue weighted by atomic mass is 32.2.